The predicted molar refractivity (Wildman–Crippen MR) is 139 cm³/mol. The maximum atomic E-state index is 12.8. The number of methoxy groups -OCH3 is 1. The van der Waals surface area contributed by atoms with E-state index in [9.17, 15) is 4.79 Å². The Balaban J connectivity index is 1.63. The van der Waals surface area contributed by atoms with Gasteiger partial charge in [0.15, 0.2) is 0 Å². The molecule has 0 aliphatic rings. The fourth-order valence-corrected chi connectivity index (χ4v) is 4.56. The minimum absolute atomic E-state index is 0.0745. The molecule has 0 spiro atoms. The van der Waals surface area contributed by atoms with Gasteiger partial charge < -0.3 is 14.6 Å². The Kier molecular flexibility index (Phi) is 8.16. The molecule has 0 radical (unpaired) electrons. The van der Waals surface area contributed by atoms with Crippen molar-refractivity contribution in [3.63, 3.8) is 0 Å². The first-order valence-electron chi connectivity index (χ1n) is 12.1. The van der Waals surface area contributed by atoms with Crippen molar-refractivity contribution >= 4 is 16.8 Å². The standard InChI is InChI=1S/C30H34N2O2/c1-23-12-14-25(15-13-23)21-32-22-28(27-10-6-7-11-29(27)32)26(20-30(33)31-18-19-34-2)17-16-24-8-4-3-5-9-24/h3-15,22,26H,16-21H2,1-2H3,(H,31,33)/t26-/m1/s1. The SMILES string of the molecule is COCCNC(=O)C[C@@H](CCc1ccccc1)c1cn(Cc2ccc(C)cc2)c2ccccc12. The summed E-state index contributed by atoms with van der Waals surface area (Å²) in [7, 11) is 1.65. The number of para-hydroxylation sites is 1. The summed E-state index contributed by atoms with van der Waals surface area (Å²) in [6.45, 7) is 3.99. The van der Waals surface area contributed by atoms with E-state index in [0.29, 0.717) is 19.6 Å². The number of fused-ring (bicyclic) bond motifs is 1. The van der Waals surface area contributed by atoms with E-state index >= 15 is 0 Å². The van der Waals surface area contributed by atoms with Crippen molar-refractivity contribution in [3.8, 4) is 0 Å². The second-order valence-electron chi connectivity index (χ2n) is 8.98. The topological polar surface area (TPSA) is 43.3 Å². The van der Waals surface area contributed by atoms with Gasteiger partial charge in [-0.15, -0.1) is 0 Å². The molecule has 0 aliphatic heterocycles. The van der Waals surface area contributed by atoms with Crippen LogP contribution >= 0.6 is 0 Å². The van der Waals surface area contributed by atoms with Crippen LogP contribution in [0.4, 0.5) is 0 Å². The number of nitrogens with zero attached hydrogens (tertiary/aromatic N) is 1. The highest BCUT2D eigenvalue weighted by Gasteiger charge is 2.21. The van der Waals surface area contributed by atoms with Crippen LogP contribution in [0.15, 0.2) is 85.1 Å². The van der Waals surface area contributed by atoms with E-state index in [-0.39, 0.29) is 11.8 Å². The van der Waals surface area contributed by atoms with Crippen LogP contribution < -0.4 is 5.32 Å². The first kappa shape index (κ1) is 23.8. The lowest BCUT2D eigenvalue weighted by atomic mass is 9.89. The summed E-state index contributed by atoms with van der Waals surface area (Å²) in [6, 6.07) is 27.8. The van der Waals surface area contributed by atoms with E-state index in [1.807, 2.05) is 6.07 Å². The number of carbonyl (C=O) groups excluding carboxylic acids is 1. The molecule has 1 amide bonds. The van der Waals surface area contributed by atoms with Gasteiger partial charge in [0.2, 0.25) is 5.91 Å². The van der Waals surface area contributed by atoms with Crippen LogP contribution in [0.25, 0.3) is 10.9 Å². The fourth-order valence-electron chi connectivity index (χ4n) is 4.56. The average molecular weight is 455 g/mol. The lowest BCUT2D eigenvalue weighted by Crippen LogP contribution is -2.28. The molecular formula is C30H34N2O2. The Morgan fingerprint density at radius 1 is 0.941 bits per heavy atom. The van der Waals surface area contributed by atoms with Crippen molar-refractivity contribution in [1.29, 1.82) is 0 Å². The number of ether oxygens (including phenoxy) is 1. The number of amides is 1. The van der Waals surface area contributed by atoms with Crippen molar-refractivity contribution < 1.29 is 9.53 Å². The molecule has 1 heterocycles. The van der Waals surface area contributed by atoms with E-state index < -0.39 is 0 Å². The van der Waals surface area contributed by atoms with Gasteiger partial charge in [0.1, 0.15) is 0 Å². The van der Waals surface area contributed by atoms with Crippen molar-refractivity contribution in [2.45, 2.75) is 38.6 Å². The first-order valence-corrected chi connectivity index (χ1v) is 12.1. The highest BCUT2D eigenvalue weighted by atomic mass is 16.5. The number of rotatable bonds is 11. The molecule has 34 heavy (non-hydrogen) atoms. The van der Waals surface area contributed by atoms with E-state index in [4.69, 9.17) is 4.74 Å². The number of benzene rings is 3. The van der Waals surface area contributed by atoms with Crippen molar-refractivity contribution in [2.24, 2.45) is 0 Å². The number of carbonyl (C=O) groups is 1. The third-order valence-corrected chi connectivity index (χ3v) is 6.42. The molecule has 1 aromatic heterocycles. The van der Waals surface area contributed by atoms with Gasteiger partial charge in [0, 0.05) is 43.7 Å². The van der Waals surface area contributed by atoms with E-state index in [0.717, 1.165) is 19.4 Å². The van der Waals surface area contributed by atoms with Crippen LogP contribution in [0.3, 0.4) is 0 Å². The zero-order valence-corrected chi connectivity index (χ0v) is 20.2. The van der Waals surface area contributed by atoms with Gasteiger partial charge in [-0.05, 0) is 48.4 Å². The van der Waals surface area contributed by atoms with E-state index in [2.05, 4.69) is 95.8 Å². The largest absolute Gasteiger partial charge is 0.383 e. The summed E-state index contributed by atoms with van der Waals surface area (Å²) in [5, 5.41) is 4.24. The van der Waals surface area contributed by atoms with Crippen molar-refractivity contribution in [3.05, 3.63) is 107 Å². The Morgan fingerprint density at radius 3 is 2.44 bits per heavy atom. The van der Waals surface area contributed by atoms with Crippen LogP contribution in [0.1, 0.15) is 41.0 Å². The molecule has 4 aromatic rings. The monoisotopic (exact) mass is 454 g/mol. The maximum Gasteiger partial charge on any atom is 0.220 e. The second-order valence-corrected chi connectivity index (χ2v) is 8.98. The minimum atomic E-state index is 0.0745. The maximum absolute atomic E-state index is 12.8. The predicted octanol–water partition coefficient (Wildman–Crippen LogP) is 5.87. The van der Waals surface area contributed by atoms with E-state index in [1.165, 1.54) is 33.2 Å². The number of hydrogen-bond acceptors (Lipinski definition) is 2. The molecule has 4 nitrogen and oxygen atoms in total. The normalized spacial score (nSPS) is 12.1. The number of aryl methyl sites for hydroxylation is 2. The highest BCUT2D eigenvalue weighted by Crippen LogP contribution is 2.33. The van der Waals surface area contributed by atoms with Gasteiger partial charge in [0.25, 0.3) is 0 Å². The molecular weight excluding hydrogens is 420 g/mol. The quantitative estimate of drug-likeness (QED) is 0.288. The average Bonchev–Trinajstić information content (AvgIpc) is 3.22. The van der Waals surface area contributed by atoms with Gasteiger partial charge in [-0.25, -0.2) is 0 Å². The van der Waals surface area contributed by atoms with Crippen LogP contribution in [0.5, 0.6) is 0 Å². The van der Waals surface area contributed by atoms with Gasteiger partial charge >= 0.3 is 0 Å². The third kappa shape index (κ3) is 6.15. The summed E-state index contributed by atoms with van der Waals surface area (Å²) < 4.78 is 7.42. The number of hydrogen-bond donors (Lipinski definition) is 1. The second kappa shape index (κ2) is 11.7. The molecule has 0 unspecified atom stereocenters. The Hall–Kier alpha value is -3.37. The molecule has 0 fully saturated rings. The number of aromatic nitrogens is 1. The van der Waals surface area contributed by atoms with Gasteiger partial charge in [-0.2, -0.15) is 0 Å². The molecule has 4 rings (SSSR count). The summed E-state index contributed by atoms with van der Waals surface area (Å²) in [6.07, 6.45) is 4.59. The fraction of sp³-hybridized carbons (Fsp3) is 0.300. The number of nitrogens with one attached hydrogen (secondary N) is 1. The zero-order chi connectivity index (χ0) is 23.8. The van der Waals surface area contributed by atoms with Crippen molar-refractivity contribution in [1.82, 2.24) is 9.88 Å². The van der Waals surface area contributed by atoms with Gasteiger partial charge in [-0.1, -0.05) is 78.4 Å². The van der Waals surface area contributed by atoms with Crippen LogP contribution in [0.2, 0.25) is 0 Å². The van der Waals surface area contributed by atoms with E-state index in [1.54, 1.807) is 7.11 Å². The third-order valence-electron chi connectivity index (χ3n) is 6.42. The molecule has 0 saturated carbocycles. The zero-order valence-electron chi connectivity index (χ0n) is 20.2. The van der Waals surface area contributed by atoms with Crippen LogP contribution in [-0.4, -0.2) is 30.7 Å². The summed E-state index contributed by atoms with van der Waals surface area (Å²) >= 11 is 0. The molecule has 1 atom stereocenters. The molecule has 1 N–H and O–H groups in total. The smallest absolute Gasteiger partial charge is 0.220 e. The molecule has 3 aromatic carbocycles. The Morgan fingerprint density at radius 2 is 1.68 bits per heavy atom. The Bertz CT molecular complexity index is 1200. The minimum Gasteiger partial charge on any atom is -0.383 e. The molecule has 0 bridgehead atoms. The summed E-state index contributed by atoms with van der Waals surface area (Å²) in [4.78, 5) is 12.8. The highest BCUT2D eigenvalue weighted by molar-refractivity contribution is 5.86. The summed E-state index contributed by atoms with van der Waals surface area (Å²) in [5.74, 6) is 0.206. The molecule has 176 valence electrons. The Labute approximate surface area is 202 Å². The van der Waals surface area contributed by atoms with Gasteiger partial charge in [-0.3, -0.25) is 4.79 Å². The van der Waals surface area contributed by atoms with Crippen molar-refractivity contribution in [2.75, 3.05) is 20.3 Å². The first-order chi connectivity index (χ1) is 16.6. The lowest BCUT2D eigenvalue weighted by molar-refractivity contribution is -0.121. The molecule has 4 heteroatoms. The van der Waals surface area contributed by atoms with Gasteiger partial charge in [0.05, 0.1) is 6.61 Å². The molecule has 0 saturated heterocycles. The molecule has 0 aliphatic carbocycles. The van der Waals surface area contributed by atoms with Crippen LogP contribution in [0, 0.1) is 6.92 Å². The van der Waals surface area contributed by atoms with Crippen LogP contribution in [-0.2, 0) is 22.5 Å². The summed E-state index contributed by atoms with van der Waals surface area (Å²) in [5.41, 5.74) is 6.30. The lowest BCUT2D eigenvalue weighted by Gasteiger charge is -2.17.